The molecule has 0 aliphatic rings. The number of para-hydroxylation sites is 1. The highest BCUT2D eigenvalue weighted by molar-refractivity contribution is 6.10. The summed E-state index contributed by atoms with van der Waals surface area (Å²) in [6.45, 7) is 3.20. The van der Waals surface area contributed by atoms with Crippen LogP contribution in [-0.4, -0.2) is 11.8 Å². The summed E-state index contributed by atoms with van der Waals surface area (Å²) in [6, 6.07) is 12.3. The van der Waals surface area contributed by atoms with Gasteiger partial charge >= 0.3 is 5.97 Å². The summed E-state index contributed by atoms with van der Waals surface area (Å²) in [5.41, 5.74) is 8.31. The molecule has 0 spiro atoms. The number of nitrogens with two attached hydrogens (primary N) is 1. The smallest absolute Gasteiger partial charge is 0.308 e. The number of rotatable bonds is 4. The van der Waals surface area contributed by atoms with Crippen molar-refractivity contribution in [2.24, 2.45) is 0 Å². The van der Waals surface area contributed by atoms with Crippen molar-refractivity contribution in [3.63, 3.8) is 0 Å². The standard InChI is InChI=1S/C18H17NO3/c1-12-7-8-14(11-18(12)22-13(2)20)9-10-17(21)15-5-3-4-6-16(15)19/h3-11H,19H2,1-2H3/b10-9+. The Labute approximate surface area is 129 Å². The molecule has 4 nitrogen and oxygen atoms in total. The zero-order chi connectivity index (χ0) is 16.1. The van der Waals surface area contributed by atoms with Gasteiger partial charge in [-0.3, -0.25) is 9.59 Å². The number of aryl methyl sites for hydroxylation is 1. The van der Waals surface area contributed by atoms with Crippen molar-refractivity contribution in [3.05, 3.63) is 65.2 Å². The minimum Gasteiger partial charge on any atom is -0.426 e. The van der Waals surface area contributed by atoms with Crippen LogP contribution in [0.3, 0.4) is 0 Å². The number of ether oxygens (including phenoxy) is 1. The average molecular weight is 295 g/mol. The van der Waals surface area contributed by atoms with Crippen LogP contribution in [0.15, 0.2) is 48.5 Å². The molecule has 0 aliphatic carbocycles. The van der Waals surface area contributed by atoms with Crippen molar-refractivity contribution in [1.29, 1.82) is 0 Å². The SMILES string of the molecule is CC(=O)Oc1cc(/C=C/C(=O)c2ccccc2N)ccc1C. The molecule has 2 N–H and O–H groups in total. The second kappa shape index (κ2) is 6.72. The number of benzene rings is 2. The lowest BCUT2D eigenvalue weighted by atomic mass is 10.1. The quantitative estimate of drug-likeness (QED) is 0.308. The van der Waals surface area contributed by atoms with Gasteiger partial charge in [0, 0.05) is 18.2 Å². The molecule has 0 fully saturated rings. The Morgan fingerprint density at radius 1 is 1.14 bits per heavy atom. The number of hydrogen-bond acceptors (Lipinski definition) is 4. The van der Waals surface area contributed by atoms with E-state index in [1.807, 2.05) is 19.1 Å². The number of nitrogen functional groups attached to an aromatic ring is 1. The Bertz CT molecular complexity index is 748. The molecular weight excluding hydrogens is 278 g/mol. The van der Waals surface area contributed by atoms with Crippen LogP contribution in [0.25, 0.3) is 6.08 Å². The molecule has 0 aromatic heterocycles. The van der Waals surface area contributed by atoms with Crippen LogP contribution in [0.5, 0.6) is 5.75 Å². The van der Waals surface area contributed by atoms with Gasteiger partial charge in [-0.2, -0.15) is 0 Å². The summed E-state index contributed by atoms with van der Waals surface area (Å²) in [5.74, 6) is -0.0635. The monoisotopic (exact) mass is 295 g/mol. The van der Waals surface area contributed by atoms with Crippen molar-refractivity contribution in [2.45, 2.75) is 13.8 Å². The van der Waals surface area contributed by atoms with Crippen LogP contribution in [0.2, 0.25) is 0 Å². The number of ketones is 1. The topological polar surface area (TPSA) is 69.4 Å². The van der Waals surface area contributed by atoms with Crippen molar-refractivity contribution in [1.82, 2.24) is 0 Å². The van der Waals surface area contributed by atoms with Crippen molar-refractivity contribution in [3.8, 4) is 5.75 Å². The minimum absolute atomic E-state index is 0.173. The van der Waals surface area contributed by atoms with Gasteiger partial charge in [0.1, 0.15) is 5.75 Å². The summed E-state index contributed by atoms with van der Waals surface area (Å²) in [7, 11) is 0. The lowest BCUT2D eigenvalue weighted by molar-refractivity contribution is -0.131. The molecule has 0 saturated heterocycles. The van der Waals surface area contributed by atoms with Crippen LogP contribution in [0.1, 0.15) is 28.4 Å². The second-order valence-electron chi connectivity index (χ2n) is 4.90. The van der Waals surface area contributed by atoms with E-state index < -0.39 is 0 Å². The molecule has 2 rings (SSSR count). The van der Waals surface area contributed by atoms with E-state index in [2.05, 4.69) is 0 Å². The van der Waals surface area contributed by atoms with Gasteiger partial charge in [-0.25, -0.2) is 0 Å². The summed E-state index contributed by atoms with van der Waals surface area (Å²) in [4.78, 5) is 23.2. The van der Waals surface area contributed by atoms with Crippen molar-refractivity contribution in [2.75, 3.05) is 5.73 Å². The van der Waals surface area contributed by atoms with Gasteiger partial charge in [-0.1, -0.05) is 30.3 Å². The minimum atomic E-state index is -0.377. The molecule has 0 radical (unpaired) electrons. The molecule has 0 amide bonds. The highest BCUT2D eigenvalue weighted by Crippen LogP contribution is 2.21. The van der Waals surface area contributed by atoms with E-state index in [1.54, 1.807) is 36.4 Å². The molecule has 2 aromatic rings. The van der Waals surface area contributed by atoms with E-state index in [-0.39, 0.29) is 11.8 Å². The highest BCUT2D eigenvalue weighted by Gasteiger charge is 2.06. The summed E-state index contributed by atoms with van der Waals surface area (Å²) in [6.07, 6.45) is 3.12. The Morgan fingerprint density at radius 2 is 1.86 bits per heavy atom. The van der Waals surface area contributed by atoms with Gasteiger partial charge in [0.15, 0.2) is 5.78 Å². The fourth-order valence-corrected chi connectivity index (χ4v) is 1.97. The molecule has 0 saturated carbocycles. The van der Waals surface area contributed by atoms with E-state index in [9.17, 15) is 9.59 Å². The largest absolute Gasteiger partial charge is 0.426 e. The third kappa shape index (κ3) is 3.82. The van der Waals surface area contributed by atoms with Crippen molar-refractivity contribution < 1.29 is 14.3 Å². The van der Waals surface area contributed by atoms with Gasteiger partial charge in [0.05, 0.1) is 0 Å². The van der Waals surface area contributed by atoms with Crippen molar-refractivity contribution >= 4 is 23.5 Å². The van der Waals surface area contributed by atoms with Gasteiger partial charge in [0.25, 0.3) is 0 Å². The number of carbonyl (C=O) groups excluding carboxylic acids is 2. The lowest BCUT2D eigenvalue weighted by Gasteiger charge is -2.06. The first-order valence-electron chi connectivity index (χ1n) is 6.83. The Kier molecular flexibility index (Phi) is 4.73. The zero-order valence-electron chi connectivity index (χ0n) is 12.5. The molecule has 0 aliphatic heterocycles. The maximum Gasteiger partial charge on any atom is 0.308 e. The third-order valence-electron chi connectivity index (χ3n) is 3.12. The van der Waals surface area contributed by atoms with Crippen LogP contribution in [-0.2, 0) is 4.79 Å². The molecule has 112 valence electrons. The van der Waals surface area contributed by atoms with E-state index in [0.29, 0.717) is 17.0 Å². The maximum atomic E-state index is 12.1. The first kappa shape index (κ1) is 15.5. The molecule has 0 unspecified atom stereocenters. The third-order valence-corrected chi connectivity index (χ3v) is 3.12. The molecule has 0 atom stereocenters. The number of anilines is 1. The number of carbonyl (C=O) groups is 2. The van der Waals surface area contributed by atoms with Crippen LogP contribution in [0, 0.1) is 6.92 Å². The summed E-state index contributed by atoms with van der Waals surface area (Å²) >= 11 is 0. The molecule has 2 aromatic carbocycles. The molecule has 0 bridgehead atoms. The summed E-state index contributed by atoms with van der Waals surface area (Å²) in [5, 5.41) is 0. The number of hydrogen-bond donors (Lipinski definition) is 1. The predicted molar refractivity (Wildman–Crippen MR) is 86.7 cm³/mol. The fraction of sp³-hybridized carbons (Fsp3) is 0.111. The summed E-state index contributed by atoms with van der Waals surface area (Å²) < 4.78 is 5.12. The first-order valence-corrected chi connectivity index (χ1v) is 6.83. The second-order valence-corrected chi connectivity index (χ2v) is 4.90. The van der Waals surface area contributed by atoms with Gasteiger partial charge < -0.3 is 10.5 Å². The normalized spacial score (nSPS) is 10.6. The molecule has 22 heavy (non-hydrogen) atoms. The Balaban J connectivity index is 2.21. The van der Waals surface area contributed by atoms with Crippen LogP contribution in [0.4, 0.5) is 5.69 Å². The van der Waals surface area contributed by atoms with Gasteiger partial charge in [-0.15, -0.1) is 0 Å². The molecular formula is C18H17NO3. The highest BCUT2D eigenvalue weighted by atomic mass is 16.5. The number of allylic oxidation sites excluding steroid dienone is 1. The Morgan fingerprint density at radius 3 is 2.55 bits per heavy atom. The average Bonchev–Trinajstić information content (AvgIpc) is 2.47. The molecule has 4 heteroatoms. The first-order chi connectivity index (χ1) is 10.5. The van der Waals surface area contributed by atoms with E-state index in [1.165, 1.54) is 13.0 Å². The predicted octanol–water partition coefficient (Wildman–Crippen LogP) is 3.40. The van der Waals surface area contributed by atoms with Gasteiger partial charge in [0.2, 0.25) is 0 Å². The van der Waals surface area contributed by atoms with Gasteiger partial charge in [-0.05, 0) is 42.3 Å². The number of esters is 1. The van der Waals surface area contributed by atoms with Crippen LogP contribution >= 0.6 is 0 Å². The van der Waals surface area contributed by atoms with E-state index in [4.69, 9.17) is 10.5 Å². The maximum absolute atomic E-state index is 12.1. The zero-order valence-corrected chi connectivity index (χ0v) is 12.5. The Hall–Kier alpha value is -2.88. The lowest BCUT2D eigenvalue weighted by Crippen LogP contribution is -2.03. The van der Waals surface area contributed by atoms with E-state index >= 15 is 0 Å². The van der Waals surface area contributed by atoms with Crippen LogP contribution < -0.4 is 10.5 Å². The molecule has 0 heterocycles. The fourth-order valence-electron chi connectivity index (χ4n) is 1.97. The van der Waals surface area contributed by atoms with E-state index in [0.717, 1.165) is 11.1 Å².